The lowest BCUT2D eigenvalue weighted by Crippen LogP contribution is -1.93. The molecule has 0 fully saturated rings. The quantitative estimate of drug-likeness (QED) is 0.629. The van der Waals surface area contributed by atoms with Gasteiger partial charge < -0.3 is 9.47 Å². The smallest absolute Gasteiger partial charge is 0.131 e. The summed E-state index contributed by atoms with van der Waals surface area (Å²) < 4.78 is 12.4. The standard InChI is InChI=1S/C15H14Br2O2/c1-2-18-13-4-3-5-14(9-13)19-15-7-6-12(17)8-11(15)10-16/h3-9H,2,10H2,1H3. The Morgan fingerprint density at radius 1 is 1.05 bits per heavy atom. The van der Waals surface area contributed by atoms with E-state index in [4.69, 9.17) is 9.47 Å². The van der Waals surface area contributed by atoms with E-state index in [9.17, 15) is 0 Å². The van der Waals surface area contributed by atoms with Crippen LogP contribution in [0.4, 0.5) is 0 Å². The Labute approximate surface area is 130 Å². The maximum Gasteiger partial charge on any atom is 0.131 e. The molecule has 0 saturated heterocycles. The molecule has 0 N–H and O–H groups in total. The Balaban J connectivity index is 2.23. The molecular formula is C15H14Br2O2. The van der Waals surface area contributed by atoms with Crippen molar-refractivity contribution >= 4 is 31.9 Å². The zero-order chi connectivity index (χ0) is 13.7. The summed E-state index contributed by atoms with van der Waals surface area (Å²) in [6.45, 7) is 2.61. The van der Waals surface area contributed by atoms with E-state index < -0.39 is 0 Å². The van der Waals surface area contributed by atoms with E-state index >= 15 is 0 Å². The largest absolute Gasteiger partial charge is 0.494 e. The number of ether oxygens (including phenoxy) is 2. The van der Waals surface area contributed by atoms with Gasteiger partial charge in [0, 0.05) is 21.4 Å². The van der Waals surface area contributed by atoms with Crippen LogP contribution in [-0.4, -0.2) is 6.61 Å². The topological polar surface area (TPSA) is 18.5 Å². The molecule has 0 unspecified atom stereocenters. The van der Waals surface area contributed by atoms with Gasteiger partial charge in [0.1, 0.15) is 17.2 Å². The van der Waals surface area contributed by atoms with Crippen molar-refractivity contribution in [3.63, 3.8) is 0 Å². The number of benzene rings is 2. The summed E-state index contributed by atoms with van der Waals surface area (Å²) in [5.74, 6) is 2.43. The SMILES string of the molecule is CCOc1cccc(Oc2ccc(Br)cc2CBr)c1. The van der Waals surface area contributed by atoms with E-state index in [1.807, 2.05) is 49.4 Å². The van der Waals surface area contributed by atoms with Crippen molar-refractivity contribution in [3.8, 4) is 17.2 Å². The summed E-state index contributed by atoms with van der Waals surface area (Å²) in [7, 11) is 0. The second-order valence-corrected chi connectivity index (χ2v) is 5.37. The molecule has 0 aromatic heterocycles. The van der Waals surface area contributed by atoms with Gasteiger partial charge in [0.25, 0.3) is 0 Å². The molecule has 0 bridgehead atoms. The van der Waals surface area contributed by atoms with Crippen LogP contribution in [0.1, 0.15) is 12.5 Å². The fraction of sp³-hybridized carbons (Fsp3) is 0.200. The minimum absolute atomic E-state index is 0.647. The molecule has 0 aliphatic rings. The first-order valence-corrected chi connectivity index (χ1v) is 7.89. The Hall–Kier alpha value is -1.000. The van der Waals surface area contributed by atoms with Crippen molar-refractivity contribution < 1.29 is 9.47 Å². The monoisotopic (exact) mass is 384 g/mol. The lowest BCUT2D eigenvalue weighted by molar-refractivity contribution is 0.338. The molecule has 2 aromatic rings. The van der Waals surface area contributed by atoms with Gasteiger partial charge in [0.05, 0.1) is 6.61 Å². The number of hydrogen-bond donors (Lipinski definition) is 0. The second kappa shape index (κ2) is 6.96. The van der Waals surface area contributed by atoms with Gasteiger partial charge in [-0.2, -0.15) is 0 Å². The molecule has 0 aliphatic carbocycles. The first-order valence-electron chi connectivity index (χ1n) is 5.98. The van der Waals surface area contributed by atoms with Crippen molar-refractivity contribution in [2.75, 3.05) is 6.61 Å². The molecule has 4 heteroatoms. The van der Waals surface area contributed by atoms with Crippen molar-refractivity contribution in [2.24, 2.45) is 0 Å². The molecule has 2 rings (SSSR count). The molecule has 2 aromatic carbocycles. The van der Waals surface area contributed by atoms with Crippen LogP contribution in [0.15, 0.2) is 46.9 Å². The van der Waals surface area contributed by atoms with E-state index in [1.165, 1.54) is 0 Å². The van der Waals surface area contributed by atoms with Gasteiger partial charge in [-0.15, -0.1) is 0 Å². The number of hydrogen-bond acceptors (Lipinski definition) is 2. The van der Waals surface area contributed by atoms with E-state index in [1.54, 1.807) is 0 Å². The predicted octanol–water partition coefficient (Wildman–Crippen LogP) is 5.54. The third-order valence-electron chi connectivity index (χ3n) is 2.51. The summed E-state index contributed by atoms with van der Waals surface area (Å²) in [6, 6.07) is 13.6. The fourth-order valence-electron chi connectivity index (χ4n) is 1.67. The average molecular weight is 386 g/mol. The van der Waals surface area contributed by atoms with Crippen LogP contribution in [0.2, 0.25) is 0 Å². The molecule has 0 radical (unpaired) electrons. The van der Waals surface area contributed by atoms with Crippen LogP contribution < -0.4 is 9.47 Å². The Morgan fingerprint density at radius 2 is 1.84 bits per heavy atom. The van der Waals surface area contributed by atoms with Gasteiger partial charge in [-0.3, -0.25) is 0 Å². The molecule has 0 aliphatic heterocycles. The summed E-state index contributed by atoms with van der Waals surface area (Å²) in [5.41, 5.74) is 1.09. The molecular weight excluding hydrogens is 372 g/mol. The summed E-state index contributed by atoms with van der Waals surface area (Å²) in [4.78, 5) is 0. The normalized spacial score (nSPS) is 10.3. The minimum Gasteiger partial charge on any atom is -0.494 e. The van der Waals surface area contributed by atoms with Crippen molar-refractivity contribution in [3.05, 3.63) is 52.5 Å². The van der Waals surface area contributed by atoms with E-state index in [0.717, 1.165) is 32.6 Å². The Bertz CT molecular complexity index is 556. The van der Waals surface area contributed by atoms with Crippen LogP contribution in [0.25, 0.3) is 0 Å². The van der Waals surface area contributed by atoms with Crippen molar-refractivity contribution in [1.29, 1.82) is 0 Å². The highest BCUT2D eigenvalue weighted by Gasteiger charge is 2.05. The van der Waals surface area contributed by atoms with Crippen LogP contribution in [0.3, 0.4) is 0 Å². The summed E-state index contributed by atoms with van der Waals surface area (Å²) in [5, 5.41) is 0.743. The lowest BCUT2D eigenvalue weighted by Gasteiger charge is -2.11. The van der Waals surface area contributed by atoms with E-state index in [0.29, 0.717) is 6.61 Å². The van der Waals surface area contributed by atoms with E-state index in [-0.39, 0.29) is 0 Å². The highest BCUT2D eigenvalue weighted by Crippen LogP contribution is 2.31. The van der Waals surface area contributed by atoms with Gasteiger partial charge in [-0.1, -0.05) is 37.9 Å². The maximum atomic E-state index is 5.91. The molecule has 0 amide bonds. The predicted molar refractivity (Wildman–Crippen MR) is 84.5 cm³/mol. The highest BCUT2D eigenvalue weighted by molar-refractivity contribution is 9.10. The van der Waals surface area contributed by atoms with Crippen LogP contribution in [0.5, 0.6) is 17.2 Å². The molecule has 0 saturated carbocycles. The number of halogens is 2. The molecule has 0 atom stereocenters. The maximum absolute atomic E-state index is 5.91. The third-order valence-corrected chi connectivity index (χ3v) is 3.61. The lowest BCUT2D eigenvalue weighted by atomic mass is 10.2. The molecule has 100 valence electrons. The zero-order valence-electron chi connectivity index (χ0n) is 10.5. The third kappa shape index (κ3) is 3.98. The minimum atomic E-state index is 0.647. The highest BCUT2D eigenvalue weighted by atomic mass is 79.9. The van der Waals surface area contributed by atoms with Gasteiger partial charge in [0.15, 0.2) is 0 Å². The molecule has 2 nitrogen and oxygen atoms in total. The van der Waals surface area contributed by atoms with Crippen molar-refractivity contribution in [1.82, 2.24) is 0 Å². The molecule has 0 spiro atoms. The van der Waals surface area contributed by atoms with Gasteiger partial charge in [-0.25, -0.2) is 0 Å². The first kappa shape index (κ1) is 14.4. The van der Waals surface area contributed by atoms with Crippen LogP contribution >= 0.6 is 31.9 Å². The van der Waals surface area contributed by atoms with Gasteiger partial charge in [0.2, 0.25) is 0 Å². The fourth-order valence-corrected chi connectivity index (χ4v) is 2.52. The summed E-state index contributed by atoms with van der Waals surface area (Å²) >= 11 is 6.93. The molecule has 0 heterocycles. The second-order valence-electron chi connectivity index (χ2n) is 3.90. The van der Waals surface area contributed by atoms with Gasteiger partial charge in [-0.05, 0) is 37.3 Å². The summed E-state index contributed by atoms with van der Waals surface area (Å²) in [6.07, 6.45) is 0. The zero-order valence-corrected chi connectivity index (χ0v) is 13.7. The first-order chi connectivity index (χ1) is 9.22. The van der Waals surface area contributed by atoms with Crippen molar-refractivity contribution in [2.45, 2.75) is 12.3 Å². The Kier molecular flexibility index (Phi) is 5.28. The Morgan fingerprint density at radius 3 is 2.58 bits per heavy atom. The molecule has 19 heavy (non-hydrogen) atoms. The van der Waals surface area contributed by atoms with Crippen LogP contribution in [-0.2, 0) is 5.33 Å². The average Bonchev–Trinajstić information content (AvgIpc) is 2.41. The number of rotatable bonds is 5. The van der Waals surface area contributed by atoms with Crippen LogP contribution in [0, 0.1) is 0 Å². The van der Waals surface area contributed by atoms with Gasteiger partial charge >= 0.3 is 0 Å². The number of alkyl halides is 1. The van der Waals surface area contributed by atoms with E-state index in [2.05, 4.69) is 31.9 Å².